The standard InChI is InChI=1S/C16H13NO5/c1-2-21-13(18)9-22-17-15(19)11-7-3-5-10-6-4-8-12(14(10)11)16(17)20/h3-8H,2,9H2,1H3. The van der Waals surface area contributed by atoms with Gasteiger partial charge >= 0.3 is 5.97 Å². The highest BCUT2D eigenvalue weighted by Gasteiger charge is 2.34. The van der Waals surface area contributed by atoms with Crippen LogP contribution in [0.25, 0.3) is 10.8 Å². The highest BCUT2D eigenvalue weighted by atomic mass is 16.7. The second-order valence-electron chi connectivity index (χ2n) is 4.69. The van der Waals surface area contributed by atoms with Crippen LogP contribution in [0, 0.1) is 0 Å². The fourth-order valence-electron chi connectivity index (χ4n) is 2.45. The van der Waals surface area contributed by atoms with Crippen LogP contribution in [-0.2, 0) is 14.4 Å². The van der Waals surface area contributed by atoms with Gasteiger partial charge in [0.15, 0.2) is 6.61 Å². The van der Waals surface area contributed by atoms with Gasteiger partial charge in [-0.1, -0.05) is 24.3 Å². The van der Waals surface area contributed by atoms with Crippen LogP contribution in [0.15, 0.2) is 36.4 Å². The summed E-state index contributed by atoms with van der Waals surface area (Å²) >= 11 is 0. The second-order valence-corrected chi connectivity index (χ2v) is 4.69. The SMILES string of the molecule is CCOC(=O)CON1C(=O)c2cccc3cccc(c23)C1=O. The van der Waals surface area contributed by atoms with Gasteiger partial charge in [0.2, 0.25) is 0 Å². The number of rotatable bonds is 4. The van der Waals surface area contributed by atoms with Crippen molar-refractivity contribution in [2.24, 2.45) is 0 Å². The molecule has 2 aromatic rings. The minimum Gasteiger partial charge on any atom is -0.464 e. The van der Waals surface area contributed by atoms with E-state index >= 15 is 0 Å². The lowest BCUT2D eigenvalue weighted by atomic mass is 9.95. The Morgan fingerprint density at radius 3 is 2.18 bits per heavy atom. The Hall–Kier alpha value is -2.73. The van der Waals surface area contributed by atoms with Gasteiger partial charge in [-0.15, -0.1) is 5.06 Å². The Morgan fingerprint density at radius 1 is 1.05 bits per heavy atom. The van der Waals surface area contributed by atoms with Crippen molar-refractivity contribution in [2.75, 3.05) is 13.2 Å². The van der Waals surface area contributed by atoms with Crippen LogP contribution in [0.1, 0.15) is 27.6 Å². The van der Waals surface area contributed by atoms with Gasteiger partial charge in [0.05, 0.1) is 17.7 Å². The Labute approximate surface area is 126 Å². The lowest BCUT2D eigenvalue weighted by molar-refractivity contribution is -0.161. The quantitative estimate of drug-likeness (QED) is 0.637. The molecule has 0 radical (unpaired) electrons. The third kappa shape index (κ3) is 2.23. The minimum absolute atomic E-state index is 0.201. The van der Waals surface area contributed by atoms with E-state index in [1.165, 1.54) is 0 Å². The van der Waals surface area contributed by atoms with Crippen LogP contribution in [-0.4, -0.2) is 36.1 Å². The number of carbonyl (C=O) groups excluding carboxylic acids is 3. The summed E-state index contributed by atoms with van der Waals surface area (Å²) in [6, 6.07) is 10.4. The van der Waals surface area contributed by atoms with Crippen molar-refractivity contribution in [3.63, 3.8) is 0 Å². The van der Waals surface area contributed by atoms with E-state index in [9.17, 15) is 14.4 Å². The van der Waals surface area contributed by atoms with E-state index in [4.69, 9.17) is 9.57 Å². The summed E-state index contributed by atoms with van der Waals surface area (Å²) in [5, 5.41) is 2.03. The van der Waals surface area contributed by atoms with E-state index in [0.29, 0.717) is 21.6 Å². The molecule has 0 spiro atoms. The van der Waals surface area contributed by atoms with Crippen molar-refractivity contribution in [1.82, 2.24) is 5.06 Å². The molecule has 0 aromatic heterocycles. The van der Waals surface area contributed by atoms with Crippen LogP contribution in [0.3, 0.4) is 0 Å². The van der Waals surface area contributed by atoms with Gasteiger partial charge in [-0.2, -0.15) is 0 Å². The number of imide groups is 1. The maximum Gasteiger partial charge on any atom is 0.334 e. The molecule has 2 aromatic carbocycles. The number of hydrogen-bond donors (Lipinski definition) is 0. The Morgan fingerprint density at radius 2 is 1.64 bits per heavy atom. The third-order valence-corrected chi connectivity index (χ3v) is 3.35. The predicted molar refractivity (Wildman–Crippen MR) is 77.0 cm³/mol. The van der Waals surface area contributed by atoms with Gasteiger partial charge < -0.3 is 4.74 Å². The maximum atomic E-state index is 12.4. The molecule has 3 rings (SSSR count). The molecular weight excluding hydrogens is 286 g/mol. The normalized spacial score (nSPS) is 13.6. The molecule has 0 saturated carbocycles. The molecule has 1 aliphatic heterocycles. The molecule has 0 saturated heterocycles. The minimum atomic E-state index is -0.639. The lowest BCUT2D eigenvalue weighted by Crippen LogP contribution is -2.41. The summed E-state index contributed by atoms with van der Waals surface area (Å²) in [7, 11) is 0. The summed E-state index contributed by atoms with van der Waals surface area (Å²) in [6.07, 6.45) is 0. The fourth-order valence-corrected chi connectivity index (χ4v) is 2.45. The lowest BCUT2D eigenvalue weighted by Gasteiger charge is -2.25. The molecule has 6 nitrogen and oxygen atoms in total. The van der Waals surface area contributed by atoms with Crippen molar-refractivity contribution in [3.8, 4) is 0 Å². The fraction of sp³-hybridized carbons (Fsp3) is 0.188. The van der Waals surface area contributed by atoms with E-state index in [1.54, 1.807) is 31.2 Å². The summed E-state index contributed by atoms with van der Waals surface area (Å²) in [5.74, 6) is -1.81. The van der Waals surface area contributed by atoms with Crippen molar-refractivity contribution in [1.29, 1.82) is 0 Å². The number of hydroxylamine groups is 2. The number of benzene rings is 2. The summed E-state index contributed by atoms with van der Waals surface area (Å²) in [5.41, 5.74) is 0.744. The number of hydrogen-bond acceptors (Lipinski definition) is 5. The number of ether oxygens (including phenoxy) is 1. The van der Waals surface area contributed by atoms with Gasteiger partial charge in [0, 0.05) is 5.39 Å². The van der Waals surface area contributed by atoms with Gasteiger partial charge in [-0.25, -0.2) is 4.79 Å². The molecule has 0 unspecified atom stereocenters. The molecule has 1 aliphatic rings. The van der Waals surface area contributed by atoms with Crippen LogP contribution in [0.4, 0.5) is 0 Å². The molecule has 0 bridgehead atoms. The van der Waals surface area contributed by atoms with Crippen LogP contribution in [0.5, 0.6) is 0 Å². The Bertz CT molecular complexity index is 732. The molecule has 2 amide bonds. The number of nitrogens with zero attached hydrogens (tertiary/aromatic N) is 1. The van der Waals surface area contributed by atoms with E-state index in [1.807, 2.05) is 12.1 Å². The molecule has 1 heterocycles. The molecule has 0 N–H and O–H groups in total. The monoisotopic (exact) mass is 299 g/mol. The first-order valence-corrected chi connectivity index (χ1v) is 6.82. The van der Waals surface area contributed by atoms with Gasteiger partial charge in [-0.05, 0) is 24.4 Å². The molecule has 22 heavy (non-hydrogen) atoms. The van der Waals surface area contributed by atoms with Gasteiger partial charge in [0.1, 0.15) is 0 Å². The van der Waals surface area contributed by atoms with E-state index in [2.05, 4.69) is 0 Å². The highest BCUT2D eigenvalue weighted by molar-refractivity contribution is 6.24. The third-order valence-electron chi connectivity index (χ3n) is 3.35. The smallest absolute Gasteiger partial charge is 0.334 e. The maximum absolute atomic E-state index is 12.4. The number of carbonyl (C=O) groups is 3. The zero-order chi connectivity index (χ0) is 15.7. The van der Waals surface area contributed by atoms with Gasteiger partial charge in [0.25, 0.3) is 11.8 Å². The highest BCUT2D eigenvalue weighted by Crippen LogP contribution is 2.29. The van der Waals surface area contributed by atoms with E-state index < -0.39 is 24.4 Å². The van der Waals surface area contributed by atoms with Crippen molar-refractivity contribution in [3.05, 3.63) is 47.5 Å². The zero-order valence-electron chi connectivity index (χ0n) is 11.9. The van der Waals surface area contributed by atoms with Crippen LogP contribution < -0.4 is 0 Å². The van der Waals surface area contributed by atoms with E-state index in [0.717, 1.165) is 5.39 Å². The number of amides is 2. The largest absolute Gasteiger partial charge is 0.464 e. The zero-order valence-corrected chi connectivity index (χ0v) is 11.9. The van der Waals surface area contributed by atoms with Crippen LogP contribution >= 0.6 is 0 Å². The summed E-state index contributed by atoms with van der Waals surface area (Å²) in [6.45, 7) is 1.36. The second kappa shape index (κ2) is 5.57. The average molecular weight is 299 g/mol. The average Bonchev–Trinajstić information content (AvgIpc) is 2.52. The molecule has 0 fully saturated rings. The first-order chi connectivity index (χ1) is 10.6. The van der Waals surface area contributed by atoms with Crippen molar-refractivity contribution >= 4 is 28.6 Å². The van der Waals surface area contributed by atoms with Crippen molar-refractivity contribution < 1.29 is 24.0 Å². The summed E-state index contributed by atoms with van der Waals surface area (Å²) in [4.78, 5) is 41.2. The first-order valence-electron chi connectivity index (χ1n) is 6.82. The Kier molecular flexibility index (Phi) is 3.60. The number of esters is 1. The summed E-state index contributed by atoms with van der Waals surface area (Å²) < 4.78 is 4.72. The predicted octanol–water partition coefficient (Wildman–Crippen LogP) is 1.93. The van der Waals surface area contributed by atoms with Gasteiger partial charge in [-0.3, -0.25) is 14.4 Å². The Balaban J connectivity index is 1.96. The van der Waals surface area contributed by atoms with E-state index in [-0.39, 0.29) is 6.61 Å². The molecule has 0 atom stereocenters. The molecule has 112 valence electrons. The van der Waals surface area contributed by atoms with Crippen molar-refractivity contribution in [2.45, 2.75) is 6.92 Å². The topological polar surface area (TPSA) is 72.9 Å². The molecule has 6 heteroatoms. The molecule has 0 aliphatic carbocycles. The first kappa shape index (κ1) is 14.2. The molecular formula is C16H13NO5. The van der Waals surface area contributed by atoms with Crippen LogP contribution in [0.2, 0.25) is 0 Å².